The summed E-state index contributed by atoms with van der Waals surface area (Å²) < 4.78 is 88.2. The van der Waals surface area contributed by atoms with Crippen molar-refractivity contribution in [3.05, 3.63) is 48.5 Å². The van der Waals surface area contributed by atoms with Gasteiger partial charge in [0, 0.05) is 31.6 Å². The molecule has 0 N–H and O–H groups in total. The van der Waals surface area contributed by atoms with Crippen LogP contribution in [0.4, 0.5) is 8.78 Å². The van der Waals surface area contributed by atoms with Crippen LogP contribution in [0.15, 0.2) is 58.3 Å². The molecule has 2 aliphatic rings. The molecule has 2 heterocycles. The second-order valence-electron chi connectivity index (χ2n) is 8.20. The minimum absolute atomic E-state index is 0.00140. The van der Waals surface area contributed by atoms with E-state index in [9.17, 15) is 25.6 Å². The Hall–Kier alpha value is -2.28. The topological polar surface area (TPSA) is 93.2 Å². The number of benzene rings is 2. The quantitative estimate of drug-likeness (QED) is 0.578. The van der Waals surface area contributed by atoms with Crippen molar-refractivity contribution in [3.63, 3.8) is 0 Å². The maximum atomic E-state index is 12.9. The highest BCUT2D eigenvalue weighted by atomic mass is 32.2. The van der Waals surface area contributed by atoms with Crippen molar-refractivity contribution in [1.29, 1.82) is 0 Å². The van der Waals surface area contributed by atoms with E-state index < -0.39 is 26.7 Å². The fourth-order valence-corrected chi connectivity index (χ4v) is 7.34. The molecule has 12 heteroatoms. The third kappa shape index (κ3) is 4.70. The molecule has 180 valence electrons. The molecule has 1 spiro atoms. The van der Waals surface area contributed by atoms with E-state index in [1.807, 2.05) is 0 Å². The Balaban J connectivity index is 1.37. The van der Waals surface area contributed by atoms with Crippen LogP contribution in [0.2, 0.25) is 0 Å². The van der Waals surface area contributed by atoms with E-state index in [1.165, 1.54) is 52.1 Å². The van der Waals surface area contributed by atoms with E-state index in [-0.39, 0.29) is 21.0 Å². The number of nitrogens with zero attached hydrogens (tertiary/aromatic N) is 2. The number of methoxy groups -OCH3 is 1. The molecule has 0 aromatic heterocycles. The predicted molar refractivity (Wildman–Crippen MR) is 115 cm³/mol. The molecule has 0 radical (unpaired) electrons. The monoisotopic (exact) mass is 502 g/mol. The zero-order chi connectivity index (χ0) is 23.9. The molecule has 0 atom stereocenters. The Morgan fingerprint density at radius 3 is 1.70 bits per heavy atom. The first-order chi connectivity index (χ1) is 15.6. The average Bonchev–Trinajstić information content (AvgIpc) is 2.77. The molecular weight excluding hydrogens is 478 g/mol. The standard InChI is InChI=1S/C21H24F2N2O6S2/c1-30-16-2-6-18(7-3-16)32(26,27)24-12-10-21(11-13-24)14-25(15-21)33(28,29)19-8-4-17(5-9-19)31-20(22)23/h2-9,20H,10-15H2,1H3. The minimum Gasteiger partial charge on any atom is -0.497 e. The smallest absolute Gasteiger partial charge is 0.387 e. The predicted octanol–water partition coefficient (Wildman–Crippen LogP) is 2.77. The van der Waals surface area contributed by atoms with E-state index in [1.54, 1.807) is 12.1 Å². The third-order valence-electron chi connectivity index (χ3n) is 6.19. The van der Waals surface area contributed by atoms with Gasteiger partial charge in [0.15, 0.2) is 0 Å². The summed E-state index contributed by atoms with van der Waals surface area (Å²) in [5.74, 6) is 0.452. The zero-order valence-electron chi connectivity index (χ0n) is 17.9. The van der Waals surface area contributed by atoms with Crippen molar-refractivity contribution in [2.45, 2.75) is 29.2 Å². The molecule has 0 aliphatic carbocycles. The van der Waals surface area contributed by atoms with Crippen molar-refractivity contribution in [2.75, 3.05) is 33.3 Å². The van der Waals surface area contributed by atoms with Gasteiger partial charge in [-0.1, -0.05) is 0 Å². The van der Waals surface area contributed by atoms with Gasteiger partial charge < -0.3 is 9.47 Å². The van der Waals surface area contributed by atoms with Crippen molar-refractivity contribution in [2.24, 2.45) is 5.41 Å². The molecule has 2 aromatic rings. The van der Waals surface area contributed by atoms with Gasteiger partial charge in [0.1, 0.15) is 11.5 Å². The van der Waals surface area contributed by atoms with Gasteiger partial charge in [0.05, 0.1) is 16.9 Å². The number of piperidine rings is 1. The highest BCUT2D eigenvalue weighted by molar-refractivity contribution is 7.89. The van der Waals surface area contributed by atoms with Crippen LogP contribution in [0.25, 0.3) is 0 Å². The summed E-state index contributed by atoms with van der Waals surface area (Å²) in [4.78, 5) is 0.190. The van der Waals surface area contributed by atoms with Crippen LogP contribution in [0, 0.1) is 5.41 Å². The number of hydrogen-bond donors (Lipinski definition) is 0. The van der Waals surface area contributed by atoms with Gasteiger partial charge >= 0.3 is 6.61 Å². The SMILES string of the molecule is COc1ccc(S(=O)(=O)N2CCC3(CC2)CN(S(=O)(=O)c2ccc(OC(F)F)cc2)C3)cc1. The van der Waals surface area contributed by atoms with E-state index in [4.69, 9.17) is 4.74 Å². The molecule has 4 rings (SSSR count). The van der Waals surface area contributed by atoms with E-state index >= 15 is 0 Å². The zero-order valence-corrected chi connectivity index (χ0v) is 19.5. The fraction of sp³-hybridized carbons (Fsp3) is 0.429. The number of halogens is 2. The number of alkyl halides is 2. The molecule has 0 unspecified atom stereocenters. The Kier molecular flexibility index (Phi) is 6.38. The maximum absolute atomic E-state index is 12.9. The van der Waals surface area contributed by atoms with Crippen molar-refractivity contribution < 1.29 is 35.1 Å². The molecule has 2 aliphatic heterocycles. The van der Waals surface area contributed by atoms with Crippen LogP contribution < -0.4 is 9.47 Å². The molecule has 33 heavy (non-hydrogen) atoms. The Bertz CT molecular complexity index is 1190. The summed E-state index contributed by atoms with van der Waals surface area (Å²) in [6, 6.07) is 11.1. The number of rotatable bonds is 7. The molecular formula is C21H24F2N2O6S2. The molecule has 8 nitrogen and oxygen atoms in total. The van der Waals surface area contributed by atoms with Crippen molar-refractivity contribution >= 4 is 20.0 Å². The molecule has 0 bridgehead atoms. The lowest BCUT2D eigenvalue weighted by Gasteiger charge is -2.52. The van der Waals surface area contributed by atoms with Crippen LogP contribution in [0.5, 0.6) is 11.5 Å². The van der Waals surface area contributed by atoms with Gasteiger partial charge in [0.2, 0.25) is 20.0 Å². The lowest BCUT2D eigenvalue weighted by Crippen LogP contribution is -2.62. The van der Waals surface area contributed by atoms with Crippen molar-refractivity contribution in [3.8, 4) is 11.5 Å². The lowest BCUT2D eigenvalue weighted by atomic mass is 9.74. The second-order valence-corrected chi connectivity index (χ2v) is 12.1. The van der Waals surface area contributed by atoms with Crippen molar-refractivity contribution in [1.82, 2.24) is 8.61 Å². The van der Waals surface area contributed by atoms with Crippen LogP contribution in [-0.2, 0) is 20.0 Å². The number of ether oxygens (including phenoxy) is 2. The first-order valence-electron chi connectivity index (χ1n) is 10.3. The van der Waals surface area contributed by atoms with E-state index in [0.29, 0.717) is 44.8 Å². The normalized spacial score (nSPS) is 19.4. The Morgan fingerprint density at radius 2 is 1.24 bits per heavy atom. The largest absolute Gasteiger partial charge is 0.497 e. The molecule has 0 saturated carbocycles. The van der Waals surface area contributed by atoms with Crippen LogP contribution >= 0.6 is 0 Å². The first-order valence-corrected chi connectivity index (χ1v) is 13.1. The summed E-state index contributed by atoms with van der Waals surface area (Å²) in [5.41, 5.74) is -0.266. The van der Waals surface area contributed by atoms with Crippen LogP contribution in [-0.4, -0.2) is 65.3 Å². The van der Waals surface area contributed by atoms with Gasteiger partial charge in [0.25, 0.3) is 0 Å². The average molecular weight is 503 g/mol. The Labute approximate surface area is 191 Å². The summed E-state index contributed by atoms with van der Waals surface area (Å²) in [6.45, 7) is -1.78. The summed E-state index contributed by atoms with van der Waals surface area (Å²) in [7, 11) is -5.90. The minimum atomic E-state index is -3.77. The van der Waals surface area contributed by atoms with Gasteiger partial charge in [-0.25, -0.2) is 16.8 Å². The van der Waals surface area contributed by atoms with E-state index in [0.717, 1.165) is 0 Å². The summed E-state index contributed by atoms with van der Waals surface area (Å²) in [6.07, 6.45) is 1.10. The molecule has 0 amide bonds. The van der Waals surface area contributed by atoms with E-state index in [2.05, 4.69) is 4.74 Å². The lowest BCUT2D eigenvalue weighted by molar-refractivity contribution is -0.0498. The maximum Gasteiger partial charge on any atom is 0.387 e. The van der Waals surface area contributed by atoms with Crippen LogP contribution in [0.3, 0.4) is 0 Å². The number of hydrogen-bond acceptors (Lipinski definition) is 6. The number of sulfonamides is 2. The Morgan fingerprint density at radius 1 is 0.788 bits per heavy atom. The fourth-order valence-electron chi connectivity index (χ4n) is 4.23. The molecule has 2 fully saturated rings. The van der Waals surface area contributed by atoms with Crippen LogP contribution in [0.1, 0.15) is 12.8 Å². The highest BCUT2D eigenvalue weighted by Crippen LogP contribution is 2.44. The highest BCUT2D eigenvalue weighted by Gasteiger charge is 2.50. The summed E-state index contributed by atoms with van der Waals surface area (Å²) >= 11 is 0. The van der Waals surface area contributed by atoms with Gasteiger partial charge in [-0.05, 0) is 61.4 Å². The molecule has 2 saturated heterocycles. The summed E-state index contributed by atoms with van der Waals surface area (Å²) in [5, 5.41) is 0. The van der Waals surface area contributed by atoms with Gasteiger partial charge in [-0.3, -0.25) is 0 Å². The first kappa shape index (κ1) is 23.9. The van der Waals surface area contributed by atoms with Gasteiger partial charge in [-0.15, -0.1) is 0 Å². The second kappa shape index (κ2) is 8.82. The van der Waals surface area contributed by atoms with Gasteiger partial charge in [-0.2, -0.15) is 17.4 Å². The third-order valence-corrected chi connectivity index (χ3v) is 9.91. The molecule has 2 aromatic carbocycles.